The second kappa shape index (κ2) is 5.68. The Kier molecular flexibility index (Phi) is 4.22. The molecule has 0 saturated carbocycles. The Morgan fingerprint density at radius 1 is 1.29 bits per heavy atom. The maximum absolute atomic E-state index is 3.54. The first-order chi connectivity index (χ1) is 8.24. The van der Waals surface area contributed by atoms with Gasteiger partial charge in [0.05, 0.1) is 0 Å². The van der Waals surface area contributed by atoms with Crippen molar-refractivity contribution in [1.29, 1.82) is 0 Å². The fraction of sp³-hybridized carbons (Fsp3) is 0.625. The zero-order valence-corrected chi connectivity index (χ0v) is 11.2. The van der Waals surface area contributed by atoms with E-state index in [2.05, 4.69) is 49.5 Å². The van der Waals surface area contributed by atoms with E-state index in [1.165, 1.54) is 44.3 Å². The van der Waals surface area contributed by atoms with Gasteiger partial charge in [0.15, 0.2) is 0 Å². The maximum atomic E-state index is 3.54. The van der Waals surface area contributed by atoms with Crippen molar-refractivity contribution in [2.24, 2.45) is 11.3 Å². The largest absolute Gasteiger partial charge is 0.316 e. The van der Waals surface area contributed by atoms with Crippen molar-refractivity contribution in [2.45, 2.75) is 39.5 Å². The minimum atomic E-state index is 0.538. The molecule has 0 aliphatic carbocycles. The summed E-state index contributed by atoms with van der Waals surface area (Å²) < 4.78 is 0. The molecule has 1 aromatic carbocycles. The third kappa shape index (κ3) is 3.10. The van der Waals surface area contributed by atoms with Gasteiger partial charge in [0, 0.05) is 0 Å². The van der Waals surface area contributed by atoms with E-state index >= 15 is 0 Å². The molecule has 2 unspecified atom stereocenters. The van der Waals surface area contributed by atoms with Gasteiger partial charge < -0.3 is 5.32 Å². The molecule has 94 valence electrons. The Balaban J connectivity index is 1.96. The van der Waals surface area contributed by atoms with Crippen molar-refractivity contribution in [2.75, 3.05) is 13.1 Å². The average molecular weight is 231 g/mol. The van der Waals surface area contributed by atoms with Crippen LogP contribution >= 0.6 is 0 Å². The number of piperidine rings is 1. The average Bonchev–Trinajstić information content (AvgIpc) is 2.38. The second-order valence-corrected chi connectivity index (χ2v) is 5.70. The zero-order chi connectivity index (χ0) is 12.1. The molecule has 1 heterocycles. The van der Waals surface area contributed by atoms with Crippen molar-refractivity contribution < 1.29 is 0 Å². The first-order valence-electron chi connectivity index (χ1n) is 6.99. The topological polar surface area (TPSA) is 12.0 Å². The van der Waals surface area contributed by atoms with Crippen molar-refractivity contribution >= 4 is 0 Å². The first kappa shape index (κ1) is 12.6. The number of aryl methyl sites for hydroxylation is 1. The fourth-order valence-corrected chi connectivity index (χ4v) is 3.14. The molecule has 0 aromatic heterocycles. The van der Waals surface area contributed by atoms with Crippen LogP contribution in [0.3, 0.4) is 0 Å². The van der Waals surface area contributed by atoms with E-state index in [0.717, 1.165) is 5.92 Å². The van der Waals surface area contributed by atoms with Crippen molar-refractivity contribution in [1.82, 2.24) is 5.32 Å². The van der Waals surface area contributed by atoms with Gasteiger partial charge in [0.1, 0.15) is 0 Å². The van der Waals surface area contributed by atoms with Gasteiger partial charge in [-0.3, -0.25) is 0 Å². The lowest BCUT2D eigenvalue weighted by molar-refractivity contribution is 0.114. The second-order valence-electron chi connectivity index (χ2n) is 5.70. The lowest BCUT2D eigenvalue weighted by atomic mass is 9.68. The van der Waals surface area contributed by atoms with Crippen LogP contribution in [0.1, 0.15) is 38.7 Å². The van der Waals surface area contributed by atoms with Crippen LogP contribution in [0.2, 0.25) is 0 Å². The van der Waals surface area contributed by atoms with Gasteiger partial charge in [-0.1, -0.05) is 50.6 Å². The molecule has 1 heteroatoms. The molecule has 0 spiro atoms. The number of nitrogens with one attached hydrogen (secondary N) is 1. The van der Waals surface area contributed by atoms with Crippen LogP contribution in [0, 0.1) is 11.3 Å². The quantitative estimate of drug-likeness (QED) is 0.834. The number of benzene rings is 1. The van der Waals surface area contributed by atoms with Gasteiger partial charge in [-0.15, -0.1) is 0 Å². The predicted octanol–water partition coefficient (Wildman–Crippen LogP) is 3.65. The van der Waals surface area contributed by atoms with Gasteiger partial charge >= 0.3 is 0 Å². The van der Waals surface area contributed by atoms with Crippen LogP contribution in [0.4, 0.5) is 0 Å². The molecular formula is C16H25N. The van der Waals surface area contributed by atoms with Gasteiger partial charge in [0.2, 0.25) is 0 Å². The summed E-state index contributed by atoms with van der Waals surface area (Å²) in [7, 11) is 0. The molecule has 1 aliphatic rings. The third-order valence-electron chi connectivity index (χ3n) is 4.57. The molecule has 1 aromatic rings. The maximum Gasteiger partial charge on any atom is -0.00154 e. The smallest absolute Gasteiger partial charge is 0.00154 e. The molecule has 0 amide bonds. The summed E-state index contributed by atoms with van der Waals surface area (Å²) in [5.74, 6) is 0.847. The van der Waals surface area contributed by atoms with Crippen LogP contribution in [-0.4, -0.2) is 13.1 Å². The van der Waals surface area contributed by atoms with E-state index in [-0.39, 0.29) is 0 Å². The molecule has 17 heavy (non-hydrogen) atoms. The Morgan fingerprint density at radius 3 is 2.76 bits per heavy atom. The summed E-state index contributed by atoms with van der Waals surface area (Å²) in [6.07, 6.45) is 5.20. The molecule has 1 N–H and O–H groups in total. The summed E-state index contributed by atoms with van der Waals surface area (Å²) >= 11 is 0. The van der Waals surface area contributed by atoms with Crippen LogP contribution in [0.25, 0.3) is 0 Å². The monoisotopic (exact) mass is 231 g/mol. The van der Waals surface area contributed by atoms with Gasteiger partial charge in [-0.05, 0) is 49.2 Å². The fourth-order valence-electron chi connectivity index (χ4n) is 3.14. The summed E-state index contributed by atoms with van der Waals surface area (Å²) in [5.41, 5.74) is 2.03. The molecule has 0 bridgehead atoms. The minimum Gasteiger partial charge on any atom is -0.316 e. The predicted molar refractivity (Wildman–Crippen MR) is 74.1 cm³/mol. The van der Waals surface area contributed by atoms with E-state index in [4.69, 9.17) is 0 Å². The Hall–Kier alpha value is -0.820. The van der Waals surface area contributed by atoms with Gasteiger partial charge in [-0.2, -0.15) is 0 Å². The highest BCUT2D eigenvalue weighted by Gasteiger charge is 2.34. The molecule has 1 fully saturated rings. The standard InChI is InChI=1S/C16H25N/c1-3-15-13-17-12-11-16(15,2)10-9-14-7-5-4-6-8-14/h4-8,15,17H,3,9-13H2,1-2H3. The van der Waals surface area contributed by atoms with Crippen LogP contribution in [0.5, 0.6) is 0 Å². The molecule has 1 saturated heterocycles. The first-order valence-corrected chi connectivity index (χ1v) is 6.99. The van der Waals surface area contributed by atoms with E-state index in [1.807, 2.05) is 0 Å². The highest BCUT2D eigenvalue weighted by atomic mass is 14.9. The molecular weight excluding hydrogens is 206 g/mol. The Morgan fingerprint density at radius 2 is 2.06 bits per heavy atom. The van der Waals surface area contributed by atoms with Crippen LogP contribution < -0.4 is 5.32 Å². The highest BCUT2D eigenvalue weighted by Crippen LogP contribution is 2.39. The summed E-state index contributed by atoms with van der Waals surface area (Å²) in [6, 6.07) is 10.9. The molecule has 2 atom stereocenters. The molecule has 1 aliphatic heterocycles. The van der Waals surface area contributed by atoms with Crippen molar-refractivity contribution in [3.8, 4) is 0 Å². The van der Waals surface area contributed by atoms with E-state index in [9.17, 15) is 0 Å². The zero-order valence-electron chi connectivity index (χ0n) is 11.2. The molecule has 1 nitrogen and oxygen atoms in total. The van der Waals surface area contributed by atoms with E-state index in [1.54, 1.807) is 0 Å². The van der Waals surface area contributed by atoms with Gasteiger partial charge in [-0.25, -0.2) is 0 Å². The SMILES string of the molecule is CCC1CNCCC1(C)CCc1ccccc1. The number of hydrogen-bond donors (Lipinski definition) is 1. The number of hydrogen-bond acceptors (Lipinski definition) is 1. The molecule has 2 rings (SSSR count). The highest BCUT2D eigenvalue weighted by molar-refractivity contribution is 5.15. The van der Waals surface area contributed by atoms with E-state index < -0.39 is 0 Å². The summed E-state index contributed by atoms with van der Waals surface area (Å²) in [5, 5.41) is 3.54. The molecule has 0 radical (unpaired) electrons. The minimum absolute atomic E-state index is 0.538. The van der Waals surface area contributed by atoms with E-state index in [0.29, 0.717) is 5.41 Å². The third-order valence-corrected chi connectivity index (χ3v) is 4.57. The van der Waals surface area contributed by atoms with Crippen molar-refractivity contribution in [3.05, 3.63) is 35.9 Å². The normalized spacial score (nSPS) is 29.2. The number of rotatable bonds is 4. The Labute approximate surface area is 106 Å². The van der Waals surface area contributed by atoms with Crippen LogP contribution in [-0.2, 0) is 6.42 Å². The summed E-state index contributed by atoms with van der Waals surface area (Å²) in [4.78, 5) is 0. The van der Waals surface area contributed by atoms with Crippen molar-refractivity contribution in [3.63, 3.8) is 0 Å². The lowest BCUT2D eigenvalue weighted by Crippen LogP contribution is -2.43. The lowest BCUT2D eigenvalue weighted by Gasteiger charge is -2.42. The van der Waals surface area contributed by atoms with Gasteiger partial charge in [0.25, 0.3) is 0 Å². The Bertz CT molecular complexity index is 333. The summed E-state index contributed by atoms with van der Waals surface area (Å²) in [6.45, 7) is 7.23. The van der Waals surface area contributed by atoms with Crippen LogP contribution in [0.15, 0.2) is 30.3 Å².